The molecule has 3 rings (SSSR count). The molecule has 0 aromatic heterocycles. The van der Waals surface area contributed by atoms with Crippen molar-refractivity contribution in [1.82, 2.24) is 4.90 Å². The number of hydrogen-bond acceptors (Lipinski definition) is 3. The number of rotatable bonds is 7. The van der Waals surface area contributed by atoms with E-state index in [1.807, 2.05) is 42.5 Å². The van der Waals surface area contributed by atoms with Crippen molar-refractivity contribution in [3.05, 3.63) is 95.0 Å². The van der Waals surface area contributed by atoms with Crippen LogP contribution < -0.4 is 10.6 Å². The predicted molar refractivity (Wildman–Crippen MR) is 117 cm³/mol. The Morgan fingerprint density at radius 2 is 1.62 bits per heavy atom. The summed E-state index contributed by atoms with van der Waals surface area (Å²) in [5.74, 6) is -0.325. The van der Waals surface area contributed by atoms with E-state index in [-0.39, 0.29) is 18.4 Å². The number of nitrogens with one attached hydrogen (secondary N) is 2. The van der Waals surface area contributed by atoms with Gasteiger partial charge in [0.05, 0.1) is 6.54 Å². The van der Waals surface area contributed by atoms with Gasteiger partial charge in [-0.1, -0.05) is 54.1 Å². The molecule has 0 bridgehead atoms. The lowest BCUT2D eigenvalue weighted by Crippen LogP contribution is -2.26. The van der Waals surface area contributed by atoms with Crippen LogP contribution >= 0.6 is 11.6 Å². The maximum atomic E-state index is 12.7. The summed E-state index contributed by atoms with van der Waals surface area (Å²) in [6.07, 6.45) is 0. The minimum Gasteiger partial charge on any atom is -0.376 e. The second-order valence-corrected chi connectivity index (χ2v) is 7.08. The largest absolute Gasteiger partial charge is 0.376 e. The van der Waals surface area contributed by atoms with Gasteiger partial charge in [-0.15, -0.1) is 0 Å². The zero-order chi connectivity index (χ0) is 20.6. The zero-order valence-electron chi connectivity index (χ0n) is 16.1. The predicted octanol–water partition coefficient (Wildman–Crippen LogP) is 4.66. The average Bonchev–Trinajstić information content (AvgIpc) is 2.73. The Bertz CT molecular complexity index is 992. The summed E-state index contributed by atoms with van der Waals surface area (Å²) in [5.41, 5.74) is 2.91. The number of amides is 2. The van der Waals surface area contributed by atoms with E-state index in [1.54, 1.807) is 48.3 Å². The van der Waals surface area contributed by atoms with Gasteiger partial charge in [0, 0.05) is 35.6 Å². The van der Waals surface area contributed by atoms with Gasteiger partial charge in [0.15, 0.2) is 0 Å². The van der Waals surface area contributed by atoms with E-state index in [2.05, 4.69) is 10.6 Å². The molecule has 148 valence electrons. The van der Waals surface area contributed by atoms with E-state index in [0.29, 0.717) is 22.8 Å². The molecule has 0 aliphatic rings. The van der Waals surface area contributed by atoms with Crippen molar-refractivity contribution in [2.24, 2.45) is 0 Å². The molecule has 0 aliphatic heterocycles. The molecule has 0 heterocycles. The van der Waals surface area contributed by atoms with Gasteiger partial charge >= 0.3 is 0 Å². The van der Waals surface area contributed by atoms with Gasteiger partial charge in [-0.2, -0.15) is 0 Å². The molecule has 0 radical (unpaired) electrons. The molecule has 0 unspecified atom stereocenters. The summed E-state index contributed by atoms with van der Waals surface area (Å²) >= 11 is 5.94. The molecule has 0 fully saturated rings. The summed E-state index contributed by atoms with van der Waals surface area (Å²) in [6.45, 7) is 0.603. The maximum Gasteiger partial charge on any atom is 0.253 e. The molecule has 3 aromatic carbocycles. The third-order valence-corrected chi connectivity index (χ3v) is 4.52. The average molecular weight is 408 g/mol. The maximum absolute atomic E-state index is 12.7. The van der Waals surface area contributed by atoms with Crippen LogP contribution in [0.15, 0.2) is 78.9 Å². The zero-order valence-corrected chi connectivity index (χ0v) is 16.8. The Morgan fingerprint density at radius 1 is 0.897 bits per heavy atom. The molecule has 5 nitrogen and oxygen atoms in total. The summed E-state index contributed by atoms with van der Waals surface area (Å²) in [7, 11) is 1.76. The Labute approximate surface area is 175 Å². The van der Waals surface area contributed by atoms with Crippen molar-refractivity contribution < 1.29 is 9.59 Å². The molecule has 2 N–H and O–H groups in total. The number of carbonyl (C=O) groups excluding carboxylic acids is 2. The number of benzene rings is 3. The van der Waals surface area contributed by atoms with Crippen LogP contribution in [-0.2, 0) is 11.3 Å². The normalized spacial score (nSPS) is 10.3. The van der Waals surface area contributed by atoms with E-state index in [4.69, 9.17) is 11.6 Å². The lowest BCUT2D eigenvalue weighted by Gasteiger charge is -2.18. The molecular weight excluding hydrogens is 386 g/mol. The van der Waals surface area contributed by atoms with E-state index in [1.165, 1.54) is 0 Å². The first-order chi connectivity index (χ1) is 14.0. The second kappa shape index (κ2) is 9.75. The fourth-order valence-electron chi connectivity index (χ4n) is 2.87. The van der Waals surface area contributed by atoms with Gasteiger partial charge in [-0.3, -0.25) is 9.59 Å². The van der Waals surface area contributed by atoms with Crippen molar-refractivity contribution in [3.63, 3.8) is 0 Å². The highest BCUT2D eigenvalue weighted by Gasteiger charge is 2.13. The van der Waals surface area contributed by atoms with Gasteiger partial charge in [0.2, 0.25) is 5.91 Å². The van der Waals surface area contributed by atoms with Crippen molar-refractivity contribution >= 4 is 34.8 Å². The second-order valence-electron chi connectivity index (χ2n) is 6.64. The van der Waals surface area contributed by atoms with Gasteiger partial charge in [-0.25, -0.2) is 0 Å². The SMILES string of the molecule is CN(Cc1ccccc1)C(=O)c1cccc(NC(=O)CNc2cccc(Cl)c2)c1. The number of halogens is 1. The first-order valence-corrected chi connectivity index (χ1v) is 9.58. The first-order valence-electron chi connectivity index (χ1n) is 9.20. The lowest BCUT2D eigenvalue weighted by atomic mass is 10.1. The molecule has 2 amide bonds. The molecule has 0 spiro atoms. The fourth-order valence-corrected chi connectivity index (χ4v) is 3.06. The Hall–Kier alpha value is -3.31. The molecule has 0 aliphatic carbocycles. The minimum atomic E-state index is -0.216. The number of carbonyl (C=O) groups is 2. The van der Waals surface area contributed by atoms with E-state index in [9.17, 15) is 9.59 Å². The number of anilines is 2. The Kier molecular flexibility index (Phi) is 6.87. The van der Waals surface area contributed by atoms with Crippen molar-refractivity contribution in [3.8, 4) is 0 Å². The summed E-state index contributed by atoms with van der Waals surface area (Å²) < 4.78 is 0. The number of nitrogens with zero attached hydrogens (tertiary/aromatic N) is 1. The quantitative estimate of drug-likeness (QED) is 0.598. The highest BCUT2D eigenvalue weighted by molar-refractivity contribution is 6.30. The van der Waals surface area contributed by atoms with Crippen LogP contribution in [0.1, 0.15) is 15.9 Å². The minimum absolute atomic E-state index is 0.0897. The van der Waals surface area contributed by atoms with Gasteiger partial charge in [0.1, 0.15) is 0 Å². The van der Waals surface area contributed by atoms with Crippen LogP contribution in [0.25, 0.3) is 0 Å². The van der Waals surface area contributed by atoms with Crippen LogP contribution in [0.4, 0.5) is 11.4 Å². The standard InChI is InChI=1S/C23H22ClN3O2/c1-27(16-17-7-3-2-4-8-17)23(29)18-9-5-12-21(13-18)26-22(28)15-25-20-11-6-10-19(24)14-20/h2-14,25H,15-16H2,1H3,(H,26,28). The van der Waals surface area contributed by atoms with Crippen molar-refractivity contribution in [2.75, 3.05) is 24.2 Å². The van der Waals surface area contributed by atoms with Crippen LogP contribution in [-0.4, -0.2) is 30.3 Å². The van der Waals surface area contributed by atoms with E-state index in [0.717, 1.165) is 11.3 Å². The molecular formula is C23H22ClN3O2. The summed E-state index contributed by atoms with van der Waals surface area (Å²) in [6, 6.07) is 23.9. The topological polar surface area (TPSA) is 61.4 Å². The van der Waals surface area contributed by atoms with Crippen LogP contribution in [0.3, 0.4) is 0 Å². The van der Waals surface area contributed by atoms with Gasteiger partial charge in [-0.05, 0) is 42.0 Å². The monoisotopic (exact) mass is 407 g/mol. The molecule has 0 saturated carbocycles. The molecule has 0 atom stereocenters. The smallest absolute Gasteiger partial charge is 0.253 e. The van der Waals surface area contributed by atoms with Crippen LogP contribution in [0, 0.1) is 0 Å². The Balaban J connectivity index is 1.58. The third kappa shape index (κ3) is 6.09. The van der Waals surface area contributed by atoms with Crippen LogP contribution in [0.5, 0.6) is 0 Å². The fraction of sp³-hybridized carbons (Fsp3) is 0.130. The van der Waals surface area contributed by atoms with Crippen molar-refractivity contribution in [2.45, 2.75) is 6.54 Å². The summed E-state index contributed by atoms with van der Waals surface area (Å²) in [4.78, 5) is 26.6. The molecule has 3 aromatic rings. The molecule has 29 heavy (non-hydrogen) atoms. The van der Waals surface area contributed by atoms with E-state index >= 15 is 0 Å². The van der Waals surface area contributed by atoms with Crippen LogP contribution in [0.2, 0.25) is 5.02 Å². The molecule has 6 heteroatoms. The number of hydrogen-bond donors (Lipinski definition) is 2. The highest BCUT2D eigenvalue weighted by atomic mass is 35.5. The van der Waals surface area contributed by atoms with Crippen molar-refractivity contribution in [1.29, 1.82) is 0 Å². The van der Waals surface area contributed by atoms with Gasteiger partial charge < -0.3 is 15.5 Å². The third-order valence-electron chi connectivity index (χ3n) is 4.28. The summed E-state index contributed by atoms with van der Waals surface area (Å²) in [5, 5.41) is 6.42. The first kappa shape index (κ1) is 20.4. The lowest BCUT2D eigenvalue weighted by molar-refractivity contribution is -0.114. The van der Waals surface area contributed by atoms with E-state index < -0.39 is 0 Å². The highest BCUT2D eigenvalue weighted by Crippen LogP contribution is 2.16. The van der Waals surface area contributed by atoms with Gasteiger partial charge in [0.25, 0.3) is 5.91 Å². The Morgan fingerprint density at radius 3 is 2.38 bits per heavy atom. The molecule has 0 saturated heterocycles.